The van der Waals surface area contributed by atoms with Crippen LogP contribution in [0.3, 0.4) is 0 Å². The van der Waals surface area contributed by atoms with Crippen molar-refractivity contribution in [2.75, 3.05) is 9.80 Å². The molecule has 4 heteroatoms. The molecule has 0 saturated heterocycles. The van der Waals surface area contributed by atoms with Gasteiger partial charge in [-0.15, -0.1) is 0 Å². The molecule has 12 aromatic rings. The molecule has 2 aromatic heterocycles. The van der Waals surface area contributed by atoms with Crippen molar-refractivity contribution in [3.05, 3.63) is 192 Å². The number of hydrogen-bond donors (Lipinski definition) is 0. The van der Waals surface area contributed by atoms with Crippen molar-refractivity contribution in [3.63, 3.8) is 0 Å². The van der Waals surface area contributed by atoms with Gasteiger partial charge < -0.3 is 18.6 Å². The van der Waals surface area contributed by atoms with E-state index >= 15 is 0 Å². The van der Waals surface area contributed by atoms with Crippen LogP contribution in [0, 0.1) is 13.8 Å². The Labute approximate surface area is 385 Å². The van der Waals surface area contributed by atoms with Gasteiger partial charge in [0.05, 0.1) is 22.7 Å². The summed E-state index contributed by atoms with van der Waals surface area (Å²) in [5, 5.41) is 11.7. The molecule has 0 aliphatic rings. The van der Waals surface area contributed by atoms with E-state index < -0.39 is 0 Å². The molecule has 12 rings (SSSR count). The van der Waals surface area contributed by atoms with Crippen molar-refractivity contribution in [2.24, 2.45) is 0 Å². The van der Waals surface area contributed by atoms with Gasteiger partial charge in [0.1, 0.15) is 11.2 Å². The summed E-state index contributed by atoms with van der Waals surface area (Å²) in [4.78, 5) is 4.87. The molecular formula is C62H52N2O2. The smallest absolute Gasteiger partial charge is 0.159 e. The Kier molecular flexibility index (Phi) is 8.77. The molecule has 0 radical (unpaired) electrons. The highest BCUT2D eigenvalue weighted by Gasteiger charge is 2.29. The van der Waals surface area contributed by atoms with Crippen molar-refractivity contribution in [2.45, 2.75) is 66.2 Å². The Morgan fingerprint density at radius 3 is 1.26 bits per heavy atom. The van der Waals surface area contributed by atoms with Crippen LogP contribution in [0.1, 0.15) is 63.8 Å². The minimum absolute atomic E-state index is 0.0860. The molecule has 0 aliphatic heterocycles. The first-order valence-electron chi connectivity index (χ1n) is 23.2. The predicted octanol–water partition coefficient (Wildman–Crippen LogP) is 18.5. The van der Waals surface area contributed by atoms with Gasteiger partial charge in [0.25, 0.3) is 0 Å². The number of anilines is 6. The van der Waals surface area contributed by atoms with Gasteiger partial charge in [-0.2, -0.15) is 0 Å². The van der Waals surface area contributed by atoms with Gasteiger partial charge in [-0.25, -0.2) is 0 Å². The molecule has 0 amide bonds. The van der Waals surface area contributed by atoms with Gasteiger partial charge in [-0.3, -0.25) is 0 Å². The highest BCUT2D eigenvalue weighted by molar-refractivity contribution is 6.29. The van der Waals surface area contributed by atoms with Crippen LogP contribution in [-0.2, 0) is 10.8 Å². The maximum atomic E-state index is 7.10. The maximum Gasteiger partial charge on any atom is 0.159 e. The minimum atomic E-state index is -0.0881. The van der Waals surface area contributed by atoms with Crippen LogP contribution in [0.15, 0.2) is 179 Å². The highest BCUT2D eigenvalue weighted by atomic mass is 16.3. The molecule has 0 spiro atoms. The predicted molar refractivity (Wildman–Crippen MR) is 281 cm³/mol. The lowest BCUT2D eigenvalue weighted by molar-refractivity contribution is 0.572. The summed E-state index contributed by atoms with van der Waals surface area (Å²) in [6.07, 6.45) is 0. The molecule has 0 fully saturated rings. The van der Waals surface area contributed by atoms with Gasteiger partial charge in [0, 0.05) is 54.8 Å². The van der Waals surface area contributed by atoms with Crippen molar-refractivity contribution < 1.29 is 8.83 Å². The van der Waals surface area contributed by atoms with E-state index in [1.54, 1.807) is 0 Å². The lowest BCUT2D eigenvalue weighted by atomic mass is 9.86. The van der Waals surface area contributed by atoms with E-state index in [0.29, 0.717) is 0 Å². The largest absolute Gasteiger partial charge is 0.454 e. The van der Waals surface area contributed by atoms with Gasteiger partial charge in [0.2, 0.25) is 0 Å². The number of furan rings is 2. The zero-order chi connectivity index (χ0) is 45.2. The minimum Gasteiger partial charge on any atom is -0.454 e. The summed E-state index contributed by atoms with van der Waals surface area (Å²) in [6, 6.07) is 62.2. The van der Waals surface area contributed by atoms with E-state index in [1.165, 1.54) is 54.6 Å². The van der Waals surface area contributed by atoms with E-state index in [-0.39, 0.29) is 10.8 Å². The Morgan fingerprint density at radius 2 is 0.727 bits per heavy atom. The van der Waals surface area contributed by atoms with Crippen LogP contribution < -0.4 is 9.80 Å². The number of fused-ring (bicyclic) bond motifs is 6. The molecule has 2 heterocycles. The number of para-hydroxylation sites is 6. The molecule has 66 heavy (non-hydrogen) atoms. The maximum absolute atomic E-state index is 7.10. The molecule has 322 valence electrons. The third kappa shape index (κ3) is 5.97. The first-order chi connectivity index (χ1) is 31.9. The van der Waals surface area contributed by atoms with Crippen LogP contribution in [0.25, 0.3) is 76.2 Å². The molecule has 4 nitrogen and oxygen atoms in total. The molecule has 0 atom stereocenters. The fraction of sp³-hybridized carbons (Fsp3) is 0.161. The average molecular weight is 857 g/mol. The second-order valence-corrected chi connectivity index (χ2v) is 20.2. The Balaban J connectivity index is 1.14. The number of benzene rings is 10. The summed E-state index contributed by atoms with van der Waals surface area (Å²) in [5.41, 5.74) is 14.7. The van der Waals surface area contributed by atoms with Gasteiger partial charge in [-0.1, -0.05) is 175 Å². The zero-order valence-corrected chi connectivity index (χ0v) is 38.9. The molecular weight excluding hydrogens is 805 g/mol. The highest BCUT2D eigenvalue weighted by Crippen LogP contribution is 2.52. The number of aryl methyl sites for hydroxylation is 2. The topological polar surface area (TPSA) is 32.8 Å². The molecule has 0 bridgehead atoms. The van der Waals surface area contributed by atoms with E-state index in [1.807, 2.05) is 0 Å². The summed E-state index contributed by atoms with van der Waals surface area (Å²) < 4.78 is 14.2. The molecule has 10 aromatic carbocycles. The van der Waals surface area contributed by atoms with Gasteiger partial charge in [-0.05, 0) is 93.7 Å². The molecule has 0 saturated carbocycles. The lowest BCUT2D eigenvalue weighted by Gasteiger charge is -2.31. The first-order valence-corrected chi connectivity index (χ1v) is 23.2. The Hall–Kier alpha value is -7.56. The fourth-order valence-corrected chi connectivity index (χ4v) is 10.7. The van der Waals surface area contributed by atoms with E-state index in [2.05, 4.69) is 235 Å². The van der Waals surface area contributed by atoms with E-state index in [4.69, 9.17) is 8.83 Å². The van der Waals surface area contributed by atoms with Crippen molar-refractivity contribution in [3.8, 4) is 0 Å². The second-order valence-electron chi connectivity index (χ2n) is 20.2. The molecule has 0 aliphatic carbocycles. The lowest BCUT2D eigenvalue weighted by Crippen LogP contribution is -2.13. The normalized spacial score (nSPS) is 12.5. The van der Waals surface area contributed by atoms with Crippen molar-refractivity contribution >= 4 is 110 Å². The quantitative estimate of drug-likeness (QED) is 0.156. The Morgan fingerprint density at radius 1 is 0.318 bits per heavy atom. The van der Waals surface area contributed by atoms with Crippen molar-refractivity contribution in [1.29, 1.82) is 0 Å². The third-order valence-corrected chi connectivity index (χ3v) is 13.9. The molecule has 0 N–H and O–H groups in total. The second kappa shape index (κ2) is 14.5. The zero-order valence-electron chi connectivity index (χ0n) is 38.9. The van der Waals surface area contributed by atoms with Crippen LogP contribution in [0.5, 0.6) is 0 Å². The van der Waals surface area contributed by atoms with Crippen LogP contribution in [-0.4, -0.2) is 0 Å². The first kappa shape index (κ1) is 40.0. The van der Waals surface area contributed by atoms with Crippen LogP contribution in [0.2, 0.25) is 0 Å². The number of hydrogen-bond acceptors (Lipinski definition) is 4. The average Bonchev–Trinajstić information content (AvgIpc) is 3.89. The van der Waals surface area contributed by atoms with Crippen molar-refractivity contribution in [1.82, 2.24) is 0 Å². The van der Waals surface area contributed by atoms with Crippen LogP contribution in [0.4, 0.5) is 34.1 Å². The SMILES string of the molecule is Cc1ccccc1N(c1cc2ccc(N(c3ccccc3C)c3cccc4c3oc3c(C(C)(C)C)cccc34)c3ccc4cccc1c4c23)c1cccc2c1oc1c(C(C)(C)C)cccc12. The molecule has 0 unspecified atom stereocenters. The number of rotatable bonds is 6. The summed E-state index contributed by atoms with van der Waals surface area (Å²) in [7, 11) is 0. The Bertz CT molecular complexity index is 3880. The van der Waals surface area contributed by atoms with Crippen LogP contribution >= 0.6 is 0 Å². The van der Waals surface area contributed by atoms with E-state index in [0.717, 1.165) is 78.0 Å². The van der Waals surface area contributed by atoms with Gasteiger partial charge >= 0.3 is 0 Å². The van der Waals surface area contributed by atoms with E-state index in [9.17, 15) is 0 Å². The number of nitrogens with zero attached hydrogens (tertiary/aromatic N) is 2. The third-order valence-electron chi connectivity index (χ3n) is 13.9. The monoisotopic (exact) mass is 856 g/mol. The standard InChI is InChI=1S/C62H52N2O2/c1-37-18-9-11-28-49(37)63(52-30-16-23-43-41-21-14-26-47(61(3,4)5)57(41)65-59(43)52)51-35-33-40-36-54(45-25-13-20-39-32-34-46(51)56(40)55(39)45)64(50-29-12-10-19-38(50)2)53-31-17-24-44-42-22-15-27-48(62(6,7)8)58(42)66-60(44)53/h9-36H,1-8H3. The fourth-order valence-electron chi connectivity index (χ4n) is 10.7. The summed E-state index contributed by atoms with van der Waals surface area (Å²) in [5.74, 6) is 0. The van der Waals surface area contributed by atoms with Gasteiger partial charge in [0.15, 0.2) is 11.2 Å². The summed E-state index contributed by atoms with van der Waals surface area (Å²) >= 11 is 0. The summed E-state index contributed by atoms with van der Waals surface area (Å²) in [6.45, 7) is 18.0.